The van der Waals surface area contributed by atoms with Gasteiger partial charge in [0.2, 0.25) is 11.9 Å². The maximum Gasteiger partial charge on any atom is 0.248 e. The predicted octanol–water partition coefficient (Wildman–Crippen LogP) is 3.72. The van der Waals surface area contributed by atoms with Gasteiger partial charge in [-0.15, -0.1) is 5.10 Å². The number of nitrogens with zero attached hydrogens (tertiary/aromatic N) is 4. The predicted molar refractivity (Wildman–Crippen MR) is 109 cm³/mol. The van der Waals surface area contributed by atoms with Crippen LogP contribution in [0.2, 0.25) is 0 Å². The smallest absolute Gasteiger partial charge is 0.248 e. The summed E-state index contributed by atoms with van der Waals surface area (Å²) in [7, 11) is 1.93. The molecule has 6 nitrogen and oxygen atoms in total. The summed E-state index contributed by atoms with van der Waals surface area (Å²) in [5.74, 6) is 0.159. The molecule has 0 aliphatic heterocycles. The fraction of sp³-hybridized carbons (Fsp3) is 0.250. The van der Waals surface area contributed by atoms with E-state index in [0.29, 0.717) is 12.5 Å². The summed E-state index contributed by atoms with van der Waals surface area (Å²) in [5.41, 5.74) is 2.04. The molecule has 0 spiro atoms. The lowest BCUT2D eigenvalue weighted by atomic mass is 10.1. The third-order valence-electron chi connectivity index (χ3n) is 4.31. The Balaban J connectivity index is 1.72. The van der Waals surface area contributed by atoms with Crippen LogP contribution in [0.5, 0.6) is 0 Å². The molecule has 27 heavy (non-hydrogen) atoms. The number of halogens is 1. The summed E-state index contributed by atoms with van der Waals surface area (Å²) in [5, 5.41) is 7.22. The zero-order valence-electron chi connectivity index (χ0n) is 15.3. The standard InChI is InChI=1S/C20H22BrN5O/c1-3-25(2)18(16-9-5-4-6-10-16)19(27)23-20-22-14-26(24-20)13-15-8-7-11-17(21)12-15/h4-12,14,18H,3,13H2,1-2H3,(H,23,24,27). The second-order valence-corrected chi connectivity index (χ2v) is 7.19. The summed E-state index contributed by atoms with van der Waals surface area (Å²) in [4.78, 5) is 19.1. The number of likely N-dealkylation sites (N-methyl/N-ethyl adjacent to an activating group) is 1. The van der Waals surface area contributed by atoms with Crippen molar-refractivity contribution >= 4 is 27.8 Å². The molecule has 0 aliphatic rings. The Morgan fingerprint density at radius 1 is 1.22 bits per heavy atom. The molecule has 0 saturated heterocycles. The summed E-state index contributed by atoms with van der Waals surface area (Å²) in [6.45, 7) is 3.35. The van der Waals surface area contributed by atoms with Crippen molar-refractivity contribution in [1.29, 1.82) is 0 Å². The van der Waals surface area contributed by atoms with Gasteiger partial charge >= 0.3 is 0 Å². The highest BCUT2D eigenvalue weighted by atomic mass is 79.9. The summed E-state index contributed by atoms with van der Waals surface area (Å²) >= 11 is 3.46. The van der Waals surface area contributed by atoms with Gasteiger partial charge in [-0.05, 0) is 36.9 Å². The molecule has 7 heteroatoms. The Kier molecular flexibility index (Phi) is 6.36. The molecular weight excluding hydrogens is 406 g/mol. The van der Waals surface area contributed by atoms with Crippen LogP contribution >= 0.6 is 15.9 Å². The normalized spacial score (nSPS) is 12.1. The number of rotatable bonds is 7. The van der Waals surface area contributed by atoms with Crippen molar-refractivity contribution in [3.8, 4) is 0 Å². The van der Waals surface area contributed by atoms with Crippen LogP contribution in [0.4, 0.5) is 5.95 Å². The van der Waals surface area contributed by atoms with Crippen LogP contribution in [-0.4, -0.2) is 39.2 Å². The quantitative estimate of drug-likeness (QED) is 0.623. The first-order valence-electron chi connectivity index (χ1n) is 8.76. The molecule has 1 amide bonds. The minimum Gasteiger partial charge on any atom is -0.292 e. The Morgan fingerprint density at radius 3 is 2.70 bits per heavy atom. The van der Waals surface area contributed by atoms with Gasteiger partial charge in [0.15, 0.2) is 0 Å². The molecule has 1 unspecified atom stereocenters. The van der Waals surface area contributed by atoms with Crippen LogP contribution in [0.25, 0.3) is 0 Å². The average molecular weight is 428 g/mol. The van der Waals surface area contributed by atoms with E-state index in [-0.39, 0.29) is 5.91 Å². The lowest BCUT2D eigenvalue weighted by Gasteiger charge is -2.25. The van der Waals surface area contributed by atoms with E-state index in [2.05, 4.69) is 31.3 Å². The van der Waals surface area contributed by atoms with Gasteiger partial charge in [0.25, 0.3) is 0 Å². The van der Waals surface area contributed by atoms with E-state index < -0.39 is 6.04 Å². The highest BCUT2D eigenvalue weighted by Crippen LogP contribution is 2.20. The van der Waals surface area contributed by atoms with Gasteiger partial charge in [-0.25, -0.2) is 9.67 Å². The van der Waals surface area contributed by atoms with Crippen molar-refractivity contribution in [2.45, 2.75) is 19.5 Å². The SMILES string of the molecule is CCN(C)C(C(=O)Nc1ncn(Cc2cccc(Br)c2)n1)c1ccccc1. The van der Waals surface area contributed by atoms with Crippen molar-refractivity contribution in [2.75, 3.05) is 18.9 Å². The molecule has 0 saturated carbocycles. The van der Waals surface area contributed by atoms with E-state index in [1.165, 1.54) is 0 Å². The van der Waals surface area contributed by atoms with Gasteiger partial charge in [0.1, 0.15) is 12.4 Å². The van der Waals surface area contributed by atoms with Gasteiger partial charge in [0.05, 0.1) is 6.54 Å². The van der Waals surface area contributed by atoms with Gasteiger partial charge in [-0.3, -0.25) is 15.0 Å². The van der Waals surface area contributed by atoms with Gasteiger partial charge in [0, 0.05) is 4.47 Å². The molecule has 1 aromatic heterocycles. The number of nitrogens with one attached hydrogen (secondary N) is 1. The number of amides is 1. The summed E-state index contributed by atoms with van der Waals surface area (Å²) < 4.78 is 2.72. The van der Waals surface area contributed by atoms with E-state index in [0.717, 1.165) is 22.1 Å². The first kappa shape index (κ1) is 19.3. The van der Waals surface area contributed by atoms with Crippen LogP contribution in [0, 0.1) is 0 Å². The fourth-order valence-electron chi connectivity index (χ4n) is 2.85. The van der Waals surface area contributed by atoms with Crippen molar-refractivity contribution in [3.05, 3.63) is 76.5 Å². The number of hydrogen-bond acceptors (Lipinski definition) is 4. The van der Waals surface area contributed by atoms with E-state index >= 15 is 0 Å². The Morgan fingerprint density at radius 2 is 2.00 bits per heavy atom. The van der Waals surface area contributed by atoms with E-state index in [9.17, 15) is 4.79 Å². The molecule has 3 rings (SSSR count). The molecule has 1 N–H and O–H groups in total. The molecular formula is C20H22BrN5O. The number of carbonyl (C=O) groups excluding carboxylic acids is 1. The number of aromatic nitrogens is 3. The van der Waals surface area contributed by atoms with Crippen molar-refractivity contribution in [3.63, 3.8) is 0 Å². The Hall–Kier alpha value is -2.51. The molecule has 3 aromatic rings. The molecule has 0 fully saturated rings. The molecule has 2 aromatic carbocycles. The van der Waals surface area contributed by atoms with Crippen LogP contribution in [0.1, 0.15) is 24.1 Å². The molecule has 0 aliphatic carbocycles. The molecule has 0 radical (unpaired) electrons. The summed E-state index contributed by atoms with van der Waals surface area (Å²) in [6, 6.07) is 17.3. The maximum atomic E-state index is 12.9. The number of carbonyl (C=O) groups is 1. The third-order valence-corrected chi connectivity index (χ3v) is 4.80. The molecule has 1 atom stereocenters. The topological polar surface area (TPSA) is 63.1 Å². The van der Waals surface area contributed by atoms with Crippen molar-refractivity contribution < 1.29 is 4.79 Å². The largest absolute Gasteiger partial charge is 0.292 e. The maximum absolute atomic E-state index is 12.9. The second kappa shape index (κ2) is 8.92. The molecule has 140 valence electrons. The van der Waals surface area contributed by atoms with Crippen LogP contribution in [-0.2, 0) is 11.3 Å². The first-order chi connectivity index (χ1) is 13.1. The lowest BCUT2D eigenvalue weighted by Crippen LogP contribution is -2.34. The van der Waals surface area contributed by atoms with Gasteiger partial charge in [-0.2, -0.15) is 0 Å². The van der Waals surface area contributed by atoms with Gasteiger partial charge in [-0.1, -0.05) is 65.3 Å². The molecule has 0 bridgehead atoms. The van der Waals surface area contributed by atoms with Crippen molar-refractivity contribution in [2.24, 2.45) is 0 Å². The number of benzene rings is 2. The number of anilines is 1. The Bertz CT molecular complexity index is 896. The van der Waals surface area contributed by atoms with E-state index in [1.807, 2.05) is 73.5 Å². The Labute approximate surface area is 167 Å². The lowest BCUT2D eigenvalue weighted by molar-refractivity contribution is -0.121. The van der Waals surface area contributed by atoms with E-state index in [4.69, 9.17) is 0 Å². The highest BCUT2D eigenvalue weighted by Gasteiger charge is 2.25. The second-order valence-electron chi connectivity index (χ2n) is 6.27. The number of hydrogen-bond donors (Lipinski definition) is 1. The minimum atomic E-state index is -0.395. The average Bonchev–Trinajstić information content (AvgIpc) is 3.09. The van der Waals surface area contributed by atoms with Crippen LogP contribution in [0.3, 0.4) is 0 Å². The van der Waals surface area contributed by atoms with Crippen LogP contribution in [0.15, 0.2) is 65.4 Å². The zero-order chi connectivity index (χ0) is 19.2. The fourth-order valence-corrected chi connectivity index (χ4v) is 3.30. The van der Waals surface area contributed by atoms with Crippen molar-refractivity contribution in [1.82, 2.24) is 19.7 Å². The van der Waals surface area contributed by atoms with Gasteiger partial charge < -0.3 is 0 Å². The minimum absolute atomic E-state index is 0.147. The first-order valence-corrected chi connectivity index (χ1v) is 9.56. The summed E-state index contributed by atoms with van der Waals surface area (Å²) in [6.07, 6.45) is 1.62. The zero-order valence-corrected chi connectivity index (χ0v) is 16.9. The molecule has 1 heterocycles. The highest BCUT2D eigenvalue weighted by molar-refractivity contribution is 9.10. The van der Waals surface area contributed by atoms with Crippen LogP contribution < -0.4 is 5.32 Å². The monoisotopic (exact) mass is 427 g/mol. The van der Waals surface area contributed by atoms with E-state index in [1.54, 1.807) is 11.0 Å². The third kappa shape index (κ3) is 5.02.